The van der Waals surface area contributed by atoms with E-state index < -0.39 is 0 Å². The van der Waals surface area contributed by atoms with Crippen LogP contribution in [0.15, 0.2) is 5.11 Å². The summed E-state index contributed by atoms with van der Waals surface area (Å²) in [6, 6.07) is 0. The summed E-state index contributed by atoms with van der Waals surface area (Å²) in [4.78, 5) is 2.25. The molecule has 0 unspecified atom stereocenters. The zero-order valence-corrected chi connectivity index (χ0v) is 5.72. The number of azide groups is 1. The van der Waals surface area contributed by atoms with E-state index in [0.29, 0.717) is 0 Å². The minimum atomic E-state index is 0. The Labute approximate surface area is 42.8 Å². The molecular weight excluding hydrogens is 119 g/mol. The third-order valence-electron chi connectivity index (χ3n) is 0.0632. The van der Waals surface area contributed by atoms with E-state index in [0.717, 1.165) is 0 Å². The SMILES string of the molecule is [CH2]N=[N+]=[N-].[Zn]. The molecule has 0 atom stereocenters. The summed E-state index contributed by atoms with van der Waals surface area (Å²) in [5.74, 6) is 0. The topological polar surface area (TPSA) is 48.8 Å². The summed E-state index contributed by atoms with van der Waals surface area (Å²) < 4.78 is 0. The largest absolute Gasteiger partial charge is 0.0938 e. The normalized spacial score (nSPS) is 3.40. The molecule has 0 aromatic rings. The Kier molecular flexibility index (Phi) is 16.1. The summed E-state index contributed by atoms with van der Waals surface area (Å²) in [6.45, 7) is 0. The van der Waals surface area contributed by atoms with E-state index >= 15 is 0 Å². The summed E-state index contributed by atoms with van der Waals surface area (Å²) >= 11 is 0. The fourth-order valence-electron chi connectivity index (χ4n) is 0. The predicted octanol–water partition coefficient (Wildman–Crippen LogP) is 1.09. The van der Waals surface area contributed by atoms with Crippen molar-refractivity contribution in [3.63, 3.8) is 0 Å². The van der Waals surface area contributed by atoms with Gasteiger partial charge in [-0.2, -0.15) is 0 Å². The fourth-order valence-corrected chi connectivity index (χ4v) is 0. The molecule has 0 bridgehead atoms. The first-order valence-electron chi connectivity index (χ1n) is 0.716. The Morgan fingerprint density at radius 2 is 2.00 bits per heavy atom. The summed E-state index contributed by atoms with van der Waals surface area (Å²) in [6.07, 6.45) is 0. The molecular formula is CH2N3Zn. The zero-order valence-electron chi connectivity index (χ0n) is 2.76. The van der Waals surface area contributed by atoms with Crippen LogP contribution >= 0.6 is 0 Å². The molecule has 0 spiro atoms. The first-order chi connectivity index (χ1) is 1.91. The second kappa shape index (κ2) is 9.05. The monoisotopic (exact) mass is 120 g/mol. The molecule has 0 saturated heterocycles. The fraction of sp³-hybridized carbons (Fsp3) is 0. The van der Waals surface area contributed by atoms with Crippen LogP contribution in [0, 0.1) is 7.05 Å². The van der Waals surface area contributed by atoms with Crippen LogP contribution < -0.4 is 0 Å². The molecule has 1 radical (unpaired) electrons. The smallest absolute Gasteiger partial charge is 0.0313 e. The van der Waals surface area contributed by atoms with E-state index in [9.17, 15) is 0 Å². The Bertz CT molecular complexity index is 44.9. The van der Waals surface area contributed by atoms with Crippen molar-refractivity contribution in [1.82, 2.24) is 0 Å². The molecule has 0 aromatic heterocycles. The summed E-state index contributed by atoms with van der Waals surface area (Å²) in [5, 5.41) is 2.67. The first kappa shape index (κ1) is 8.87. The molecule has 5 heavy (non-hydrogen) atoms. The minimum Gasteiger partial charge on any atom is -0.0938 e. The Hall–Kier alpha value is -0.0666. The summed E-state index contributed by atoms with van der Waals surface area (Å²) in [7, 11) is 2.81. The average molecular weight is 121 g/mol. The van der Waals surface area contributed by atoms with Gasteiger partial charge < -0.3 is 0 Å². The molecule has 0 fully saturated rings. The van der Waals surface area contributed by atoms with Gasteiger partial charge >= 0.3 is 0 Å². The third-order valence-corrected chi connectivity index (χ3v) is 0.0632. The molecule has 23 valence electrons. The van der Waals surface area contributed by atoms with Gasteiger partial charge in [0.1, 0.15) is 0 Å². The van der Waals surface area contributed by atoms with Crippen molar-refractivity contribution in [2.24, 2.45) is 5.11 Å². The first-order valence-corrected chi connectivity index (χ1v) is 0.716. The van der Waals surface area contributed by atoms with Gasteiger partial charge in [-0.1, -0.05) is 5.11 Å². The molecule has 0 aliphatic carbocycles. The van der Waals surface area contributed by atoms with Crippen LogP contribution in [0.5, 0.6) is 0 Å². The Morgan fingerprint density at radius 3 is 2.00 bits per heavy atom. The van der Waals surface area contributed by atoms with Crippen LogP contribution in [0.2, 0.25) is 0 Å². The van der Waals surface area contributed by atoms with Gasteiger partial charge in [0, 0.05) is 31.4 Å². The van der Waals surface area contributed by atoms with E-state index in [1.54, 1.807) is 0 Å². The Morgan fingerprint density at radius 1 is 1.80 bits per heavy atom. The van der Waals surface area contributed by atoms with Crippen molar-refractivity contribution in [2.45, 2.75) is 0 Å². The quantitative estimate of drug-likeness (QED) is 0.199. The maximum absolute atomic E-state index is 7.27. The van der Waals surface area contributed by atoms with Gasteiger partial charge in [0.15, 0.2) is 0 Å². The second-order valence-electron chi connectivity index (χ2n) is 0.231. The third kappa shape index (κ3) is 16.9. The number of nitrogens with zero attached hydrogens (tertiary/aromatic N) is 3. The van der Waals surface area contributed by atoms with Crippen LogP contribution in [-0.2, 0) is 19.5 Å². The predicted molar refractivity (Wildman–Crippen MR) is 14.5 cm³/mol. The molecule has 0 amide bonds. The van der Waals surface area contributed by atoms with Crippen LogP contribution in [0.3, 0.4) is 0 Å². The molecule has 0 aliphatic rings. The van der Waals surface area contributed by atoms with E-state index in [1.807, 2.05) is 0 Å². The van der Waals surface area contributed by atoms with Crippen molar-refractivity contribution in [3.8, 4) is 0 Å². The van der Waals surface area contributed by atoms with E-state index in [2.05, 4.69) is 17.1 Å². The van der Waals surface area contributed by atoms with E-state index in [1.165, 1.54) is 0 Å². The number of rotatable bonds is 0. The van der Waals surface area contributed by atoms with Crippen molar-refractivity contribution in [1.29, 1.82) is 0 Å². The second-order valence-corrected chi connectivity index (χ2v) is 0.231. The van der Waals surface area contributed by atoms with Crippen molar-refractivity contribution < 1.29 is 19.5 Å². The van der Waals surface area contributed by atoms with Gasteiger partial charge in [-0.3, -0.25) is 0 Å². The van der Waals surface area contributed by atoms with E-state index in [-0.39, 0.29) is 19.5 Å². The van der Waals surface area contributed by atoms with Crippen LogP contribution in [-0.4, -0.2) is 0 Å². The van der Waals surface area contributed by atoms with Crippen LogP contribution in [0.1, 0.15) is 0 Å². The van der Waals surface area contributed by atoms with Crippen molar-refractivity contribution in [2.75, 3.05) is 0 Å². The standard InChI is InChI=1S/CH2N3.Zn/c1-3-4-2;/h1H2;. The molecule has 0 saturated carbocycles. The van der Waals surface area contributed by atoms with Gasteiger partial charge in [-0.25, -0.2) is 0 Å². The number of hydrogen-bond donors (Lipinski definition) is 0. The maximum Gasteiger partial charge on any atom is 0.0313 e. The Balaban J connectivity index is 0. The molecule has 0 N–H and O–H groups in total. The van der Waals surface area contributed by atoms with Crippen LogP contribution in [0.25, 0.3) is 10.4 Å². The zero-order chi connectivity index (χ0) is 3.41. The molecule has 0 heterocycles. The minimum absolute atomic E-state index is 0. The van der Waals surface area contributed by atoms with Gasteiger partial charge in [0.05, 0.1) is 0 Å². The van der Waals surface area contributed by atoms with Crippen molar-refractivity contribution in [3.05, 3.63) is 17.5 Å². The van der Waals surface area contributed by atoms with Crippen LogP contribution in [0.4, 0.5) is 0 Å². The van der Waals surface area contributed by atoms with Gasteiger partial charge in [-0.15, -0.1) is 0 Å². The molecule has 0 aromatic carbocycles. The van der Waals surface area contributed by atoms with Gasteiger partial charge in [0.2, 0.25) is 0 Å². The molecule has 0 rings (SSSR count). The molecule has 0 aliphatic heterocycles. The van der Waals surface area contributed by atoms with E-state index in [4.69, 9.17) is 5.53 Å². The summed E-state index contributed by atoms with van der Waals surface area (Å²) in [5.41, 5.74) is 7.27. The molecule has 4 heteroatoms. The molecule has 3 nitrogen and oxygen atoms in total. The van der Waals surface area contributed by atoms with Gasteiger partial charge in [-0.05, 0) is 5.53 Å². The van der Waals surface area contributed by atoms with Crippen molar-refractivity contribution >= 4 is 0 Å². The maximum atomic E-state index is 7.27. The van der Waals surface area contributed by atoms with Gasteiger partial charge in [0.25, 0.3) is 0 Å². The number of hydrogen-bond acceptors (Lipinski definition) is 1. The average Bonchev–Trinajstić information content (AvgIpc) is 1.37.